The Morgan fingerprint density at radius 3 is 1.88 bits per heavy atom. The Morgan fingerprint density at radius 1 is 0.846 bits per heavy atom. The minimum atomic E-state index is 0.0591. The zero-order chi connectivity index (χ0) is 18.9. The number of carbonyl (C=O) groups is 2. The van der Waals surface area contributed by atoms with Crippen molar-refractivity contribution in [2.24, 2.45) is 5.92 Å². The fourth-order valence-electron chi connectivity index (χ4n) is 3.03. The van der Waals surface area contributed by atoms with E-state index in [2.05, 4.69) is 26.1 Å². The Labute approximate surface area is 156 Å². The second kappa shape index (κ2) is 9.91. The molecule has 2 rings (SSSR count). The van der Waals surface area contributed by atoms with Gasteiger partial charge in [0.05, 0.1) is 0 Å². The molecule has 138 valence electrons. The van der Waals surface area contributed by atoms with Crippen molar-refractivity contribution in [2.45, 2.75) is 52.9 Å². The lowest BCUT2D eigenvalue weighted by Crippen LogP contribution is -2.12. The number of unbranched alkanes of at least 4 members (excludes halogenated alkanes) is 1. The van der Waals surface area contributed by atoms with Gasteiger partial charge in [0.15, 0.2) is 5.78 Å². The molecule has 0 aliphatic rings. The molecular formula is C23H29NO2. The van der Waals surface area contributed by atoms with Crippen LogP contribution in [-0.2, 0) is 4.79 Å². The quantitative estimate of drug-likeness (QED) is 0.555. The molecule has 0 aliphatic carbocycles. The Bertz CT molecular complexity index is 713. The first-order chi connectivity index (χ1) is 12.6. The molecule has 0 bridgehead atoms. The maximum atomic E-state index is 12.4. The van der Waals surface area contributed by atoms with E-state index in [0.29, 0.717) is 6.42 Å². The smallest absolute Gasteiger partial charge is 0.224 e. The van der Waals surface area contributed by atoms with Crippen LogP contribution in [0.15, 0.2) is 48.5 Å². The molecule has 0 unspecified atom stereocenters. The lowest BCUT2D eigenvalue weighted by molar-refractivity contribution is -0.116. The Morgan fingerprint density at radius 2 is 1.38 bits per heavy atom. The molecule has 0 fully saturated rings. The summed E-state index contributed by atoms with van der Waals surface area (Å²) in [6.45, 7) is 6.19. The standard InChI is InChI=1S/C23H29NO2/c1-4-7-8-22(25)24-21-15-13-19(14-16-21)18-9-11-20(12-10-18)23(26)17(5-2)6-3/h9-17H,4-8H2,1-3H3,(H,24,25). The zero-order valence-electron chi connectivity index (χ0n) is 16.0. The third kappa shape index (κ3) is 5.29. The molecule has 26 heavy (non-hydrogen) atoms. The fraction of sp³-hybridized carbons (Fsp3) is 0.391. The van der Waals surface area contributed by atoms with Crippen molar-refractivity contribution >= 4 is 17.4 Å². The van der Waals surface area contributed by atoms with E-state index in [1.165, 1.54) is 0 Å². The Balaban J connectivity index is 2.05. The molecular weight excluding hydrogens is 322 g/mol. The van der Waals surface area contributed by atoms with E-state index in [1.54, 1.807) is 0 Å². The van der Waals surface area contributed by atoms with Crippen molar-refractivity contribution in [3.05, 3.63) is 54.1 Å². The summed E-state index contributed by atoms with van der Waals surface area (Å²) in [5, 5.41) is 2.92. The van der Waals surface area contributed by atoms with Crippen LogP contribution in [-0.4, -0.2) is 11.7 Å². The van der Waals surface area contributed by atoms with Crippen LogP contribution in [0.5, 0.6) is 0 Å². The van der Waals surface area contributed by atoms with Gasteiger partial charge in [0, 0.05) is 23.6 Å². The summed E-state index contributed by atoms with van der Waals surface area (Å²) >= 11 is 0. The number of anilines is 1. The summed E-state index contributed by atoms with van der Waals surface area (Å²) in [7, 11) is 0. The minimum absolute atomic E-state index is 0.0591. The number of benzene rings is 2. The van der Waals surface area contributed by atoms with E-state index in [1.807, 2.05) is 48.5 Å². The molecule has 2 aromatic carbocycles. The van der Waals surface area contributed by atoms with E-state index in [0.717, 1.165) is 48.1 Å². The van der Waals surface area contributed by atoms with Gasteiger partial charge in [-0.2, -0.15) is 0 Å². The van der Waals surface area contributed by atoms with Gasteiger partial charge in [0.2, 0.25) is 5.91 Å². The molecule has 0 atom stereocenters. The van der Waals surface area contributed by atoms with Crippen LogP contribution in [0.1, 0.15) is 63.2 Å². The van der Waals surface area contributed by atoms with Crippen molar-refractivity contribution in [2.75, 3.05) is 5.32 Å². The summed E-state index contributed by atoms with van der Waals surface area (Å²) in [4.78, 5) is 24.2. The molecule has 0 spiro atoms. The zero-order valence-corrected chi connectivity index (χ0v) is 16.0. The van der Waals surface area contributed by atoms with Gasteiger partial charge in [-0.1, -0.05) is 63.6 Å². The van der Waals surface area contributed by atoms with Crippen LogP contribution in [0.2, 0.25) is 0 Å². The fourth-order valence-corrected chi connectivity index (χ4v) is 3.03. The molecule has 2 aromatic rings. The highest BCUT2D eigenvalue weighted by molar-refractivity contribution is 5.98. The highest BCUT2D eigenvalue weighted by atomic mass is 16.1. The molecule has 0 saturated carbocycles. The SMILES string of the molecule is CCCCC(=O)Nc1ccc(-c2ccc(C(=O)C(CC)CC)cc2)cc1. The predicted octanol–water partition coefficient (Wildman–Crippen LogP) is 6.10. The second-order valence-electron chi connectivity index (χ2n) is 6.68. The topological polar surface area (TPSA) is 46.2 Å². The number of hydrogen-bond acceptors (Lipinski definition) is 2. The van der Waals surface area contributed by atoms with Crippen molar-refractivity contribution < 1.29 is 9.59 Å². The van der Waals surface area contributed by atoms with Crippen molar-refractivity contribution in [3.63, 3.8) is 0 Å². The van der Waals surface area contributed by atoms with Gasteiger partial charge in [0.25, 0.3) is 0 Å². The molecule has 0 aliphatic heterocycles. The maximum Gasteiger partial charge on any atom is 0.224 e. The molecule has 0 saturated heterocycles. The predicted molar refractivity (Wildman–Crippen MR) is 108 cm³/mol. The van der Waals surface area contributed by atoms with E-state index >= 15 is 0 Å². The van der Waals surface area contributed by atoms with Crippen molar-refractivity contribution in [1.29, 1.82) is 0 Å². The van der Waals surface area contributed by atoms with Gasteiger partial charge in [-0.25, -0.2) is 0 Å². The molecule has 0 aromatic heterocycles. The van der Waals surface area contributed by atoms with E-state index in [9.17, 15) is 9.59 Å². The monoisotopic (exact) mass is 351 g/mol. The van der Waals surface area contributed by atoms with Crippen LogP contribution < -0.4 is 5.32 Å². The highest BCUT2D eigenvalue weighted by Crippen LogP contribution is 2.24. The molecule has 0 heterocycles. The largest absolute Gasteiger partial charge is 0.326 e. The summed E-state index contributed by atoms with van der Waals surface area (Å²) in [5.41, 5.74) is 3.73. The molecule has 0 radical (unpaired) electrons. The number of nitrogens with one attached hydrogen (secondary N) is 1. The van der Waals surface area contributed by atoms with Crippen molar-refractivity contribution in [1.82, 2.24) is 0 Å². The van der Waals surface area contributed by atoms with Crippen LogP contribution >= 0.6 is 0 Å². The van der Waals surface area contributed by atoms with Gasteiger partial charge in [-0.3, -0.25) is 9.59 Å². The molecule has 1 amide bonds. The number of rotatable bonds is 9. The summed E-state index contributed by atoms with van der Waals surface area (Å²) in [6.07, 6.45) is 4.24. The van der Waals surface area contributed by atoms with E-state index in [4.69, 9.17) is 0 Å². The number of Topliss-reactive ketones (excluding diaryl/α,β-unsaturated/α-hetero) is 1. The normalized spacial score (nSPS) is 10.8. The van der Waals surface area contributed by atoms with Crippen molar-refractivity contribution in [3.8, 4) is 11.1 Å². The first kappa shape index (κ1) is 19.9. The van der Waals surface area contributed by atoms with Gasteiger partial charge in [0.1, 0.15) is 0 Å². The number of amides is 1. The number of hydrogen-bond donors (Lipinski definition) is 1. The molecule has 3 heteroatoms. The minimum Gasteiger partial charge on any atom is -0.326 e. The lowest BCUT2D eigenvalue weighted by atomic mass is 9.92. The lowest BCUT2D eigenvalue weighted by Gasteiger charge is -2.11. The number of carbonyl (C=O) groups excluding carboxylic acids is 2. The van der Waals surface area contributed by atoms with Gasteiger partial charge < -0.3 is 5.32 Å². The van der Waals surface area contributed by atoms with Crippen LogP contribution in [0, 0.1) is 5.92 Å². The Kier molecular flexibility index (Phi) is 7.58. The van der Waals surface area contributed by atoms with Crippen LogP contribution in [0.25, 0.3) is 11.1 Å². The summed E-state index contributed by atoms with van der Waals surface area (Å²) in [6, 6.07) is 15.6. The van der Waals surface area contributed by atoms with E-state index < -0.39 is 0 Å². The third-order valence-electron chi connectivity index (χ3n) is 4.79. The summed E-state index contributed by atoms with van der Waals surface area (Å²) in [5.74, 6) is 0.395. The second-order valence-corrected chi connectivity index (χ2v) is 6.68. The van der Waals surface area contributed by atoms with Gasteiger partial charge in [-0.05, 0) is 42.5 Å². The summed E-state index contributed by atoms with van der Waals surface area (Å²) < 4.78 is 0. The highest BCUT2D eigenvalue weighted by Gasteiger charge is 2.16. The van der Waals surface area contributed by atoms with Gasteiger partial charge in [-0.15, -0.1) is 0 Å². The van der Waals surface area contributed by atoms with Crippen LogP contribution in [0.4, 0.5) is 5.69 Å². The number of ketones is 1. The van der Waals surface area contributed by atoms with Crippen LogP contribution in [0.3, 0.4) is 0 Å². The molecule has 3 nitrogen and oxygen atoms in total. The first-order valence-electron chi connectivity index (χ1n) is 9.63. The Hall–Kier alpha value is -2.42. The maximum absolute atomic E-state index is 12.4. The average Bonchev–Trinajstić information content (AvgIpc) is 2.68. The first-order valence-corrected chi connectivity index (χ1v) is 9.63. The third-order valence-corrected chi connectivity index (χ3v) is 4.79. The molecule has 1 N–H and O–H groups in total. The van der Waals surface area contributed by atoms with E-state index in [-0.39, 0.29) is 17.6 Å². The average molecular weight is 351 g/mol. The van der Waals surface area contributed by atoms with Gasteiger partial charge >= 0.3 is 0 Å².